The van der Waals surface area contributed by atoms with Gasteiger partial charge in [0.25, 0.3) is 0 Å². The maximum atomic E-state index is 6.55. The van der Waals surface area contributed by atoms with Gasteiger partial charge < -0.3 is 9.47 Å². The minimum atomic E-state index is 0.548. The first-order valence-electron chi connectivity index (χ1n) is 8.16. The molecule has 0 radical (unpaired) electrons. The van der Waals surface area contributed by atoms with Crippen LogP contribution in [0.4, 0.5) is 0 Å². The van der Waals surface area contributed by atoms with E-state index >= 15 is 0 Å². The minimum absolute atomic E-state index is 0.548. The molecule has 0 unspecified atom stereocenters. The lowest BCUT2D eigenvalue weighted by Gasteiger charge is -2.19. The van der Waals surface area contributed by atoms with E-state index in [1.165, 1.54) is 0 Å². The number of halogens is 2. The van der Waals surface area contributed by atoms with Gasteiger partial charge in [-0.05, 0) is 33.7 Å². The summed E-state index contributed by atoms with van der Waals surface area (Å²) >= 11 is 13.1. The molecule has 4 heteroatoms. The van der Waals surface area contributed by atoms with Crippen molar-refractivity contribution in [3.05, 3.63) is 70.7 Å². The monoisotopic (exact) mass is 382 g/mol. The van der Waals surface area contributed by atoms with Crippen molar-refractivity contribution >= 4 is 44.7 Å². The predicted octanol–water partition coefficient (Wildman–Crippen LogP) is 6.98. The highest BCUT2D eigenvalue weighted by Gasteiger charge is 2.22. The average Bonchev–Trinajstić information content (AvgIpc) is 2.66. The van der Waals surface area contributed by atoms with Crippen molar-refractivity contribution in [2.75, 3.05) is 14.2 Å². The van der Waals surface area contributed by atoms with Gasteiger partial charge in [-0.1, -0.05) is 71.7 Å². The highest BCUT2D eigenvalue weighted by Crippen LogP contribution is 2.50. The maximum absolute atomic E-state index is 6.55. The van der Waals surface area contributed by atoms with Crippen LogP contribution in [0.1, 0.15) is 0 Å². The molecule has 0 aromatic heterocycles. The van der Waals surface area contributed by atoms with Crippen LogP contribution in [0.5, 0.6) is 11.5 Å². The smallest absolute Gasteiger partial charge is 0.146 e. The first-order chi connectivity index (χ1) is 12.7. The van der Waals surface area contributed by atoms with Crippen molar-refractivity contribution in [2.45, 2.75) is 0 Å². The Kier molecular flexibility index (Phi) is 4.39. The summed E-state index contributed by atoms with van der Waals surface area (Å²) in [5.74, 6) is 1.21. The van der Waals surface area contributed by atoms with Gasteiger partial charge in [0.1, 0.15) is 11.5 Å². The molecule has 4 aromatic rings. The predicted molar refractivity (Wildman–Crippen MR) is 110 cm³/mol. The summed E-state index contributed by atoms with van der Waals surface area (Å²) in [5.41, 5.74) is 1.76. The van der Waals surface area contributed by atoms with E-state index in [2.05, 4.69) is 12.1 Å². The van der Waals surface area contributed by atoms with Crippen molar-refractivity contribution in [3.8, 4) is 22.6 Å². The zero-order valence-corrected chi connectivity index (χ0v) is 15.9. The number of ether oxygens (including phenoxy) is 2. The number of hydrogen-bond acceptors (Lipinski definition) is 2. The largest absolute Gasteiger partial charge is 0.495 e. The molecule has 0 saturated heterocycles. The van der Waals surface area contributed by atoms with E-state index in [0.717, 1.165) is 32.7 Å². The van der Waals surface area contributed by atoms with Crippen molar-refractivity contribution in [3.63, 3.8) is 0 Å². The highest BCUT2D eigenvalue weighted by atomic mass is 35.5. The summed E-state index contributed by atoms with van der Waals surface area (Å²) in [4.78, 5) is 0. The van der Waals surface area contributed by atoms with Crippen LogP contribution in [0.15, 0.2) is 60.7 Å². The lowest BCUT2D eigenvalue weighted by Crippen LogP contribution is -1.96. The molecule has 0 aliphatic carbocycles. The molecule has 0 bridgehead atoms. The van der Waals surface area contributed by atoms with Crippen molar-refractivity contribution < 1.29 is 9.47 Å². The van der Waals surface area contributed by atoms with Gasteiger partial charge in [-0.15, -0.1) is 0 Å². The maximum Gasteiger partial charge on any atom is 0.146 e. The third kappa shape index (κ3) is 2.57. The minimum Gasteiger partial charge on any atom is -0.495 e. The average molecular weight is 383 g/mol. The Morgan fingerprint density at radius 3 is 1.38 bits per heavy atom. The fourth-order valence-electron chi connectivity index (χ4n) is 3.48. The standard InChI is InChI=1S/C22H16Cl2O2/c1-25-21-17(23)11-13-7-3-5-9-15(13)19(21)20-16-10-6-4-8-14(16)12-18(24)22(20)26-2/h3-12H,1-2H3. The molecule has 0 heterocycles. The molecule has 0 fully saturated rings. The van der Waals surface area contributed by atoms with Crippen LogP contribution in [0.25, 0.3) is 32.7 Å². The van der Waals surface area contributed by atoms with Crippen LogP contribution in [-0.4, -0.2) is 14.2 Å². The third-order valence-electron chi connectivity index (χ3n) is 4.57. The fourth-order valence-corrected chi connectivity index (χ4v) is 4.06. The second kappa shape index (κ2) is 6.71. The molecule has 0 saturated carbocycles. The topological polar surface area (TPSA) is 18.5 Å². The van der Waals surface area contributed by atoms with Crippen molar-refractivity contribution in [2.24, 2.45) is 0 Å². The fraction of sp³-hybridized carbons (Fsp3) is 0.0909. The van der Waals surface area contributed by atoms with Crippen LogP contribution in [0, 0.1) is 0 Å². The molecule has 26 heavy (non-hydrogen) atoms. The lowest BCUT2D eigenvalue weighted by molar-refractivity contribution is 0.411. The molecule has 0 aliphatic rings. The van der Waals surface area contributed by atoms with Gasteiger partial charge in [-0.2, -0.15) is 0 Å². The van der Waals surface area contributed by atoms with E-state index in [0.29, 0.717) is 21.5 Å². The number of methoxy groups -OCH3 is 2. The number of hydrogen-bond donors (Lipinski definition) is 0. The quantitative estimate of drug-likeness (QED) is 0.380. The summed E-state index contributed by atoms with van der Waals surface area (Å²) in [7, 11) is 3.25. The molecule has 0 aliphatic heterocycles. The van der Waals surface area contributed by atoms with Gasteiger partial charge >= 0.3 is 0 Å². The van der Waals surface area contributed by atoms with E-state index in [-0.39, 0.29) is 0 Å². The number of rotatable bonds is 3. The molecule has 0 spiro atoms. The second-order valence-electron chi connectivity index (χ2n) is 5.98. The first kappa shape index (κ1) is 17.0. The zero-order chi connectivity index (χ0) is 18.3. The van der Waals surface area contributed by atoms with Crippen LogP contribution in [0.3, 0.4) is 0 Å². The van der Waals surface area contributed by atoms with Crippen molar-refractivity contribution in [1.29, 1.82) is 0 Å². The Hall–Kier alpha value is -2.42. The van der Waals surface area contributed by atoms with E-state index in [1.807, 2.05) is 48.5 Å². The van der Waals surface area contributed by atoms with Gasteiger partial charge in [0.15, 0.2) is 0 Å². The van der Waals surface area contributed by atoms with E-state index in [4.69, 9.17) is 32.7 Å². The molecule has 4 rings (SSSR count). The summed E-state index contributed by atoms with van der Waals surface area (Å²) in [6.07, 6.45) is 0. The summed E-state index contributed by atoms with van der Waals surface area (Å²) in [5, 5.41) is 5.21. The summed E-state index contributed by atoms with van der Waals surface area (Å²) in [6.45, 7) is 0. The molecular formula is C22H16Cl2O2. The Morgan fingerprint density at radius 2 is 1.00 bits per heavy atom. The van der Waals surface area contributed by atoms with Gasteiger partial charge in [0.2, 0.25) is 0 Å². The molecule has 130 valence electrons. The van der Waals surface area contributed by atoms with Crippen LogP contribution in [-0.2, 0) is 0 Å². The van der Waals surface area contributed by atoms with Crippen LogP contribution < -0.4 is 9.47 Å². The van der Waals surface area contributed by atoms with Crippen molar-refractivity contribution in [1.82, 2.24) is 0 Å². The van der Waals surface area contributed by atoms with Gasteiger partial charge in [0, 0.05) is 11.1 Å². The molecule has 2 nitrogen and oxygen atoms in total. The summed E-state index contributed by atoms with van der Waals surface area (Å²) in [6, 6.07) is 20.0. The Labute approximate surface area is 161 Å². The molecule has 4 aromatic carbocycles. The van der Waals surface area contributed by atoms with Gasteiger partial charge in [-0.25, -0.2) is 0 Å². The molecular weight excluding hydrogens is 367 g/mol. The SMILES string of the molecule is COc1c(Cl)cc2ccccc2c1-c1c(OC)c(Cl)cc2ccccc12. The third-order valence-corrected chi connectivity index (χ3v) is 5.13. The van der Waals surface area contributed by atoms with E-state index in [9.17, 15) is 0 Å². The molecule has 0 amide bonds. The lowest BCUT2D eigenvalue weighted by atomic mass is 9.92. The number of fused-ring (bicyclic) bond motifs is 2. The van der Waals surface area contributed by atoms with E-state index in [1.54, 1.807) is 14.2 Å². The zero-order valence-electron chi connectivity index (χ0n) is 14.3. The van der Waals surface area contributed by atoms with Gasteiger partial charge in [-0.3, -0.25) is 0 Å². The normalized spacial score (nSPS) is 11.1. The highest BCUT2D eigenvalue weighted by molar-refractivity contribution is 6.36. The Morgan fingerprint density at radius 1 is 0.615 bits per heavy atom. The first-order valence-corrected chi connectivity index (χ1v) is 8.92. The second-order valence-corrected chi connectivity index (χ2v) is 6.79. The number of benzene rings is 4. The molecule has 0 atom stereocenters. The molecule has 0 N–H and O–H groups in total. The Bertz CT molecular complexity index is 1040. The Balaban J connectivity index is 2.27. The van der Waals surface area contributed by atoms with Crippen LogP contribution >= 0.6 is 23.2 Å². The van der Waals surface area contributed by atoms with E-state index < -0.39 is 0 Å². The summed E-state index contributed by atoms with van der Waals surface area (Å²) < 4.78 is 11.4. The van der Waals surface area contributed by atoms with Gasteiger partial charge in [0.05, 0.1) is 24.3 Å². The van der Waals surface area contributed by atoms with Crippen LogP contribution in [0.2, 0.25) is 10.0 Å².